The summed E-state index contributed by atoms with van der Waals surface area (Å²) in [6, 6.07) is 12.7. The van der Waals surface area contributed by atoms with Gasteiger partial charge in [0.1, 0.15) is 23.9 Å². The number of rotatable bonds is 10. The summed E-state index contributed by atoms with van der Waals surface area (Å²) in [7, 11) is 3.74. The first kappa shape index (κ1) is 48.7. The zero-order valence-corrected chi connectivity index (χ0v) is 37.2. The third kappa shape index (κ3) is 12.1. The van der Waals surface area contributed by atoms with Crippen LogP contribution < -0.4 is 10.6 Å². The number of hydrogen-bond acceptors (Lipinski definition) is 12. The second-order valence-electron chi connectivity index (χ2n) is 18.3. The molecule has 14 heteroatoms. The summed E-state index contributed by atoms with van der Waals surface area (Å²) in [4.78, 5) is 30.6. The summed E-state index contributed by atoms with van der Waals surface area (Å²) in [6.45, 7) is 16.7. The number of ether oxygens (including phenoxy) is 3. The van der Waals surface area contributed by atoms with Crippen molar-refractivity contribution in [1.82, 2.24) is 20.4 Å². The van der Waals surface area contributed by atoms with E-state index in [2.05, 4.69) is 16.7 Å². The van der Waals surface area contributed by atoms with Gasteiger partial charge < -0.3 is 55.3 Å². The van der Waals surface area contributed by atoms with Gasteiger partial charge in [-0.05, 0) is 110 Å². The van der Waals surface area contributed by atoms with Gasteiger partial charge in [0.2, 0.25) is 0 Å². The number of aliphatic hydroxyl groups is 5. The number of cyclic esters (lactones) is 1. The molecule has 59 heavy (non-hydrogen) atoms. The molecular weight excluding hydrogens is 757 g/mol. The molecule has 334 valence electrons. The number of carbonyl (C=O) groups is 2. The predicted octanol–water partition coefficient (Wildman–Crippen LogP) is 3.95. The van der Waals surface area contributed by atoms with Crippen LogP contribution in [0.1, 0.15) is 99.6 Å². The largest absolute Gasteiger partial charge is 0.459 e. The molecule has 0 radical (unpaired) electrons. The molecule has 2 aromatic rings. The van der Waals surface area contributed by atoms with Gasteiger partial charge in [-0.1, -0.05) is 57.2 Å². The molecule has 2 amide bonds. The Hall–Kier alpha value is -2.92. The maximum Gasteiger partial charge on any atom is 0.315 e. The third-order valence-electron chi connectivity index (χ3n) is 12.8. The number of aliphatic hydroxyl groups excluding tert-OH is 3. The van der Waals surface area contributed by atoms with Crippen molar-refractivity contribution in [2.45, 2.75) is 160 Å². The lowest BCUT2D eigenvalue weighted by Crippen LogP contribution is -2.59. The Labute approximate surface area is 351 Å². The van der Waals surface area contributed by atoms with E-state index in [9.17, 15) is 35.1 Å². The van der Waals surface area contributed by atoms with Crippen LogP contribution >= 0.6 is 0 Å². The van der Waals surface area contributed by atoms with Gasteiger partial charge in [0.25, 0.3) is 0 Å². The van der Waals surface area contributed by atoms with Crippen LogP contribution in [0, 0.1) is 17.8 Å². The number of fused-ring (bicyclic) bond motifs is 1. The summed E-state index contributed by atoms with van der Waals surface area (Å²) >= 11 is 0. The van der Waals surface area contributed by atoms with Crippen molar-refractivity contribution in [2.75, 3.05) is 33.7 Å². The minimum absolute atomic E-state index is 0.170. The summed E-state index contributed by atoms with van der Waals surface area (Å²) in [6.07, 6.45) is -5.94. The molecule has 15 atom stereocenters. The van der Waals surface area contributed by atoms with Crippen LogP contribution in [0.15, 0.2) is 42.5 Å². The Morgan fingerprint density at radius 1 is 1.02 bits per heavy atom. The molecular formula is C45H74N4O10. The van der Waals surface area contributed by atoms with Gasteiger partial charge in [0.15, 0.2) is 6.29 Å². The van der Waals surface area contributed by atoms with Crippen LogP contribution in [0.4, 0.5) is 4.79 Å². The van der Waals surface area contributed by atoms with E-state index in [0.29, 0.717) is 32.5 Å². The number of likely N-dealkylation sites (N-methyl/N-ethyl adjacent to an activating group) is 1. The van der Waals surface area contributed by atoms with Crippen molar-refractivity contribution in [3.05, 3.63) is 48.0 Å². The average molecular weight is 831 g/mol. The standard InChI is InChI=1S/C45H74N4O10/c1-12-36-45(9,56)39(52)31(7)49(21-15-20-46-43(54)47-30(6)33-19-18-32-16-13-14-17-34(32)23-33)25-26(2)24-44(8,55)40(28(4)37(50)29(5)41(53)58-36)59-42-38(51)35(48(10)11)22-27(3)57-42/h13-14,16-19,23,26-31,35-40,42,50-52,55-56H,12,15,20-22,24-25H2,1-11H3,(H2,46,47,54)/t26-,27-,28+,29-,30?,31-,35+,36-,37+,38-,39-,40-,42+,44-,45-/m1/s1. The molecule has 2 aliphatic heterocycles. The molecule has 1 unspecified atom stereocenters. The van der Waals surface area contributed by atoms with Crippen LogP contribution in [0.5, 0.6) is 0 Å². The van der Waals surface area contributed by atoms with Crippen molar-refractivity contribution in [3.8, 4) is 0 Å². The quantitative estimate of drug-likeness (QED) is 0.135. The second-order valence-corrected chi connectivity index (χ2v) is 18.3. The number of nitrogens with one attached hydrogen (secondary N) is 2. The van der Waals surface area contributed by atoms with E-state index < -0.39 is 71.9 Å². The topological polar surface area (TPSA) is 194 Å². The fraction of sp³-hybridized carbons (Fsp3) is 0.733. The number of carbonyl (C=O) groups excluding carboxylic acids is 2. The number of amides is 2. The Balaban J connectivity index is 1.55. The highest BCUT2D eigenvalue weighted by Gasteiger charge is 2.50. The van der Waals surface area contributed by atoms with Crippen LogP contribution in [0.25, 0.3) is 10.8 Å². The Bertz CT molecular complexity index is 1660. The van der Waals surface area contributed by atoms with Crippen LogP contribution in [0.3, 0.4) is 0 Å². The molecule has 0 saturated carbocycles. The second kappa shape index (κ2) is 20.8. The van der Waals surface area contributed by atoms with Crippen LogP contribution in [0.2, 0.25) is 0 Å². The van der Waals surface area contributed by atoms with Gasteiger partial charge in [-0.25, -0.2) is 4.79 Å². The molecule has 2 saturated heterocycles. The van der Waals surface area contributed by atoms with E-state index in [0.717, 1.165) is 16.3 Å². The first-order chi connectivity index (χ1) is 27.6. The zero-order valence-electron chi connectivity index (χ0n) is 37.2. The third-order valence-corrected chi connectivity index (χ3v) is 12.8. The van der Waals surface area contributed by atoms with Crippen molar-refractivity contribution < 1.29 is 49.3 Å². The smallest absolute Gasteiger partial charge is 0.315 e. The average Bonchev–Trinajstić information content (AvgIpc) is 3.18. The summed E-state index contributed by atoms with van der Waals surface area (Å²) in [5.74, 6) is -2.95. The SMILES string of the molecule is CC[C@H]1OC(=O)[C@H](C)[C@@H](O)[C@H](C)[C@@H](O[C@@H]2O[C@H](C)C[C@H](N(C)C)[C@H]2O)[C@](C)(O)C[C@@H](C)CN(CCCNC(=O)NC(C)c2ccc3ccccc3c2)[C@H](C)[C@@H](O)[C@]1(C)O. The highest BCUT2D eigenvalue weighted by molar-refractivity contribution is 5.83. The minimum atomic E-state index is -1.87. The minimum Gasteiger partial charge on any atom is -0.459 e. The molecule has 2 fully saturated rings. The molecule has 0 aromatic heterocycles. The first-order valence-corrected chi connectivity index (χ1v) is 21.5. The molecule has 7 N–H and O–H groups in total. The van der Waals surface area contributed by atoms with Gasteiger partial charge in [-0.15, -0.1) is 0 Å². The number of esters is 1. The highest BCUT2D eigenvalue weighted by atomic mass is 16.7. The molecule has 0 bridgehead atoms. The summed E-state index contributed by atoms with van der Waals surface area (Å²) in [5, 5.41) is 67.3. The first-order valence-electron chi connectivity index (χ1n) is 21.5. The molecule has 2 heterocycles. The fourth-order valence-corrected chi connectivity index (χ4v) is 9.19. The molecule has 2 aromatic carbocycles. The molecule has 14 nitrogen and oxygen atoms in total. The van der Waals surface area contributed by atoms with Gasteiger partial charge in [0.05, 0.1) is 35.9 Å². The Kier molecular flexibility index (Phi) is 17.2. The van der Waals surface area contributed by atoms with Gasteiger partial charge in [-0.2, -0.15) is 0 Å². The Morgan fingerprint density at radius 2 is 1.68 bits per heavy atom. The van der Waals surface area contributed by atoms with E-state index in [1.165, 1.54) is 13.8 Å². The number of benzene rings is 2. The predicted molar refractivity (Wildman–Crippen MR) is 227 cm³/mol. The zero-order chi connectivity index (χ0) is 44.0. The number of hydrogen-bond donors (Lipinski definition) is 7. The van der Waals surface area contributed by atoms with Crippen molar-refractivity contribution in [1.29, 1.82) is 0 Å². The van der Waals surface area contributed by atoms with Crippen LogP contribution in [-0.2, 0) is 19.0 Å². The Morgan fingerprint density at radius 3 is 2.32 bits per heavy atom. The lowest BCUT2D eigenvalue weighted by molar-refractivity contribution is -0.299. The van der Waals surface area contributed by atoms with Crippen LogP contribution in [-0.4, -0.2) is 147 Å². The van der Waals surface area contributed by atoms with Gasteiger partial charge >= 0.3 is 12.0 Å². The highest BCUT2D eigenvalue weighted by Crippen LogP contribution is 2.37. The van der Waals surface area contributed by atoms with E-state index in [1.54, 1.807) is 27.7 Å². The van der Waals surface area contributed by atoms with Crippen molar-refractivity contribution in [2.24, 2.45) is 17.8 Å². The monoisotopic (exact) mass is 831 g/mol. The summed E-state index contributed by atoms with van der Waals surface area (Å²) in [5.41, 5.74) is -2.49. The maximum absolute atomic E-state index is 13.7. The van der Waals surface area contributed by atoms with Crippen molar-refractivity contribution in [3.63, 3.8) is 0 Å². The molecule has 0 aliphatic carbocycles. The van der Waals surface area contributed by atoms with Gasteiger partial charge in [0, 0.05) is 37.6 Å². The van der Waals surface area contributed by atoms with Gasteiger partial charge in [-0.3, -0.25) is 9.69 Å². The van der Waals surface area contributed by atoms with E-state index in [-0.39, 0.29) is 43.0 Å². The van der Waals surface area contributed by atoms with E-state index in [4.69, 9.17) is 14.2 Å². The molecule has 0 spiro atoms. The normalized spacial score (nSPS) is 37.6. The summed E-state index contributed by atoms with van der Waals surface area (Å²) < 4.78 is 18.5. The number of urea groups is 1. The van der Waals surface area contributed by atoms with Crippen molar-refractivity contribution >= 4 is 22.8 Å². The van der Waals surface area contributed by atoms with E-state index in [1.807, 2.05) is 81.1 Å². The lowest BCUT2D eigenvalue weighted by Gasteiger charge is -2.46. The number of nitrogens with zero attached hydrogens (tertiary/aromatic N) is 2. The maximum atomic E-state index is 13.7. The fourth-order valence-electron chi connectivity index (χ4n) is 9.19. The van der Waals surface area contributed by atoms with E-state index >= 15 is 0 Å². The lowest BCUT2D eigenvalue weighted by atomic mass is 9.78. The molecule has 2 aliphatic rings. The molecule has 4 rings (SSSR count).